The molecule has 0 spiro atoms. The number of anilines is 1. The van der Waals surface area contributed by atoms with Crippen LogP contribution < -0.4 is 9.62 Å². The number of rotatable bonds is 12. The Kier molecular flexibility index (Phi) is 11.0. The molecule has 2 amide bonds. The molecular formula is C29H32Cl2FN3O4S. The highest BCUT2D eigenvalue weighted by molar-refractivity contribution is 7.92. The van der Waals surface area contributed by atoms with Crippen LogP contribution in [0.4, 0.5) is 10.1 Å². The van der Waals surface area contributed by atoms with E-state index in [-0.39, 0.29) is 30.5 Å². The molecule has 0 radical (unpaired) electrons. The van der Waals surface area contributed by atoms with Crippen molar-refractivity contribution in [3.8, 4) is 0 Å². The van der Waals surface area contributed by atoms with Crippen molar-refractivity contribution in [1.29, 1.82) is 0 Å². The zero-order valence-corrected chi connectivity index (χ0v) is 24.8. The predicted octanol–water partition coefficient (Wildman–Crippen LogP) is 5.31. The lowest BCUT2D eigenvalue weighted by Gasteiger charge is -2.34. The molecule has 0 saturated carbocycles. The van der Waals surface area contributed by atoms with Crippen LogP contribution in [-0.2, 0) is 32.6 Å². The minimum atomic E-state index is -3.95. The molecule has 0 aliphatic rings. The standard InChI is InChI=1S/C29H32Cl2FN3O4S/c1-20(2)17-33-29(37)27(15-21-7-5-4-6-8-21)34(18-22-9-10-23(30)16-26(22)31)28(36)19-35(40(3,38)39)25-13-11-24(32)12-14-25/h4-14,16,20,27H,15,17-19H2,1-3H3,(H,33,37)/t27-/m0/s1. The molecule has 0 unspecified atom stereocenters. The zero-order chi connectivity index (χ0) is 29.4. The van der Waals surface area contributed by atoms with E-state index in [0.717, 1.165) is 28.3 Å². The first-order valence-electron chi connectivity index (χ1n) is 12.6. The molecule has 0 fully saturated rings. The van der Waals surface area contributed by atoms with Crippen LogP contribution in [0.25, 0.3) is 0 Å². The molecule has 3 aromatic carbocycles. The lowest BCUT2D eigenvalue weighted by Crippen LogP contribution is -2.53. The van der Waals surface area contributed by atoms with Crippen LogP contribution in [0, 0.1) is 11.7 Å². The van der Waals surface area contributed by atoms with Crippen molar-refractivity contribution in [2.45, 2.75) is 32.9 Å². The fourth-order valence-corrected chi connectivity index (χ4v) is 5.35. The van der Waals surface area contributed by atoms with E-state index in [1.165, 1.54) is 23.1 Å². The highest BCUT2D eigenvalue weighted by Gasteiger charge is 2.33. The second-order valence-electron chi connectivity index (χ2n) is 9.85. The molecule has 1 atom stereocenters. The van der Waals surface area contributed by atoms with Gasteiger partial charge in [-0.15, -0.1) is 0 Å². The average molecular weight is 609 g/mol. The Morgan fingerprint density at radius 1 is 0.975 bits per heavy atom. The molecule has 3 aromatic rings. The molecule has 0 aromatic heterocycles. The van der Waals surface area contributed by atoms with Crippen LogP contribution in [0.1, 0.15) is 25.0 Å². The fourth-order valence-electron chi connectivity index (χ4n) is 4.03. The summed E-state index contributed by atoms with van der Waals surface area (Å²) in [6, 6.07) is 17.8. The minimum Gasteiger partial charge on any atom is -0.354 e. The molecular weight excluding hydrogens is 576 g/mol. The van der Waals surface area contributed by atoms with Crippen LogP contribution >= 0.6 is 23.2 Å². The Morgan fingerprint density at radius 2 is 1.62 bits per heavy atom. The van der Waals surface area contributed by atoms with Crippen LogP contribution in [0.2, 0.25) is 10.0 Å². The lowest BCUT2D eigenvalue weighted by atomic mass is 10.0. The summed E-state index contributed by atoms with van der Waals surface area (Å²) in [6.07, 6.45) is 1.14. The van der Waals surface area contributed by atoms with Gasteiger partial charge in [0.25, 0.3) is 0 Å². The normalized spacial score (nSPS) is 12.2. The third kappa shape index (κ3) is 8.94. The van der Waals surface area contributed by atoms with Crippen LogP contribution in [-0.4, -0.2) is 50.5 Å². The first-order valence-corrected chi connectivity index (χ1v) is 15.2. The van der Waals surface area contributed by atoms with Gasteiger partial charge in [-0.25, -0.2) is 12.8 Å². The summed E-state index contributed by atoms with van der Waals surface area (Å²) in [7, 11) is -3.95. The third-order valence-corrected chi connectivity index (χ3v) is 7.83. The maximum Gasteiger partial charge on any atom is 0.244 e. The number of sulfonamides is 1. The van der Waals surface area contributed by atoms with E-state index in [4.69, 9.17) is 23.2 Å². The summed E-state index contributed by atoms with van der Waals surface area (Å²) in [4.78, 5) is 28.9. The van der Waals surface area contributed by atoms with Crippen molar-refractivity contribution in [3.63, 3.8) is 0 Å². The van der Waals surface area contributed by atoms with Crippen molar-refractivity contribution in [2.75, 3.05) is 23.7 Å². The molecule has 11 heteroatoms. The van der Waals surface area contributed by atoms with Gasteiger partial charge in [0, 0.05) is 29.6 Å². The number of halogens is 3. The van der Waals surface area contributed by atoms with Gasteiger partial charge in [0.1, 0.15) is 18.4 Å². The summed E-state index contributed by atoms with van der Waals surface area (Å²) in [5.41, 5.74) is 1.46. The number of nitrogens with zero attached hydrogens (tertiary/aromatic N) is 2. The number of carbonyl (C=O) groups is 2. The van der Waals surface area contributed by atoms with Gasteiger partial charge < -0.3 is 10.2 Å². The summed E-state index contributed by atoms with van der Waals surface area (Å²) < 4.78 is 39.9. The van der Waals surface area contributed by atoms with Crippen molar-refractivity contribution in [1.82, 2.24) is 10.2 Å². The second-order valence-corrected chi connectivity index (χ2v) is 12.6. The van der Waals surface area contributed by atoms with Gasteiger partial charge in [-0.05, 0) is 53.4 Å². The maximum atomic E-state index is 14.0. The summed E-state index contributed by atoms with van der Waals surface area (Å²) in [5, 5.41) is 3.61. The first-order chi connectivity index (χ1) is 18.8. The van der Waals surface area contributed by atoms with Crippen LogP contribution in [0.5, 0.6) is 0 Å². The molecule has 214 valence electrons. The van der Waals surface area contributed by atoms with Crippen LogP contribution in [0.3, 0.4) is 0 Å². The molecule has 7 nitrogen and oxygen atoms in total. The van der Waals surface area contributed by atoms with E-state index in [0.29, 0.717) is 22.2 Å². The summed E-state index contributed by atoms with van der Waals surface area (Å²) in [6.45, 7) is 3.60. The quantitative estimate of drug-likeness (QED) is 0.302. The molecule has 0 bridgehead atoms. The van der Waals surface area contributed by atoms with E-state index in [2.05, 4.69) is 5.32 Å². The van der Waals surface area contributed by atoms with Gasteiger partial charge in [-0.3, -0.25) is 13.9 Å². The average Bonchev–Trinajstić information content (AvgIpc) is 2.89. The first kappa shape index (κ1) is 31.4. The van der Waals surface area contributed by atoms with Crippen molar-refractivity contribution < 1.29 is 22.4 Å². The Hall–Kier alpha value is -3.14. The fraction of sp³-hybridized carbons (Fsp3) is 0.310. The number of hydrogen-bond acceptors (Lipinski definition) is 4. The minimum absolute atomic E-state index is 0.0809. The highest BCUT2D eigenvalue weighted by atomic mass is 35.5. The number of amides is 2. The largest absolute Gasteiger partial charge is 0.354 e. The molecule has 1 N–H and O–H groups in total. The third-order valence-electron chi connectivity index (χ3n) is 6.11. The molecule has 0 aliphatic heterocycles. The predicted molar refractivity (Wildman–Crippen MR) is 157 cm³/mol. The topological polar surface area (TPSA) is 86.8 Å². The van der Waals surface area contributed by atoms with Gasteiger partial charge in [0.2, 0.25) is 21.8 Å². The SMILES string of the molecule is CC(C)CNC(=O)[C@H](Cc1ccccc1)N(Cc1ccc(Cl)cc1Cl)C(=O)CN(c1ccc(F)cc1)S(C)(=O)=O. The van der Waals surface area contributed by atoms with E-state index < -0.39 is 34.3 Å². The monoisotopic (exact) mass is 607 g/mol. The summed E-state index contributed by atoms with van der Waals surface area (Å²) >= 11 is 12.5. The van der Waals surface area contributed by atoms with Crippen molar-refractivity contribution in [2.24, 2.45) is 5.92 Å². The van der Waals surface area contributed by atoms with E-state index in [1.54, 1.807) is 12.1 Å². The lowest BCUT2D eigenvalue weighted by molar-refractivity contribution is -0.140. The molecule has 3 rings (SSSR count). The Balaban J connectivity index is 2.06. The zero-order valence-electron chi connectivity index (χ0n) is 22.5. The molecule has 0 heterocycles. The van der Waals surface area contributed by atoms with Gasteiger partial charge in [-0.1, -0.05) is 73.4 Å². The van der Waals surface area contributed by atoms with Gasteiger partial charge >= 0.3 is 0 Å². The number of benzene rings is 3. The maximum absolute atomic E-state index is 14.0. The highest BCUT2D eigenvalue weighted by Crippen LogP contribution is 2.25. The van der Waals surface area contributed by atoms with Gasteiger partial charge in [0.15, 0.2) is 0 Å². The Bertz CT molecular complexity index is 1420. The van der Waals surface area contributed by atoms with Gasteiger partial charge in [-0.2, -0.15) is 0 Å². The van der Waals surface area contributed by atoms with Crippen molar-refractivity contribution >= 4 is 50.7 Å². The van der Waals surface area contributed by atoms with E-state index in [9.17, 15) is 22.4 Å². The second kappa shape index (κ2) is 14.0. The van der Waals surface area contributed by atoms with E-state index >= 15 is 0 Å². The number of carbonyl (C=O) groups excluding carboxylic acids is 2. The Labute approximate surface area is 244 Å². The smallest absolute Gasteiger partial charge is 0.244 e. The number of nitrogens with one attached hydrogen (secondary N) is 1. The molecule has 0 aliphatic carbocycles. The molecule has 0 saturated heterocycles. The van der Waals surface area contributed by atoms with E-state index in [1.807, 2.05) is 44.2 Å². The molecule has 40 heavy (non-hydrogen) atoms. The van der Waals surface area contributed by atoms with Crippen LogP contribution in [0.15, 0.2) is 72.8 Å². The van der Waals surface area contributed by atoms with Gasteiger partial charge in [0.05, 0.1) is 11.9 Å². The van der Waals surface area contributed by atoms with Crippen molar-refractivity contribution in [3.05, 3.63) is 99.8 Å². The number of hydrogen-bond donors (Lipinski definition) is 1. The summed E-state index contributed by atoms with van der Waals surface area (Å²) in [5.74, 6) is -1.41. The Morgan fingerprint density at radius 3 is 2.20 bits per heavy atom.